The van der Waals surface area contributed by atoms with Crippen molar-refractivity contribution in [1.29, 1.82) is 0 Å². The van der Waals surface area contributed by atoms with Gasteiger partial charge in [-0.2, -0.15) is 0 Å². The van der Waals surface area contributed by atoms with Crippen molar-refractivity contribution in [3.05, 3.63) is 11.1 Å². The lowest BCUT2D eigenvalue weighted by atomic mass is 9.96. The molecule has 1 aromatic rings. The van der Waals surface area contributed by atoms with Crippen LogP contribution in [-0.4, -0.2) is 0 Å². The van der Waals surface area contributed by atoms with E-state index in [2.05, 4.69) is 0 Å². The van der Waals surface area contributed by atoms with Crippen LogP contribution < -0.4 is 22.9 Å². The maximum absolute atomic E-state index is 5.98. The van der Waals surface area contributed by atoms with E-state index in [1.165, 1.54) is 6.42 Å². The second-order valence-corrected chi connectivity index (χ2v) is 4.17. The van der Waals surface area contributed by atoms with E-state index in [9.17, 15) is 0 Å². The minimum absolute atomic E-state index is 0.452. The van der Waals surface area contributed by atoms with E-state index in [1.807, 2.05) is 0 Å². The highest BCUT2D eigenvalue weighted by atomic mass is 14.8. The molecular formula is C11H18N4. The van der Waals surface area contributed by atoms with Gasteiger partial charge >= 0.3 is 0 Å². The molecule has 0 aromatic heterocycles. The summed E-state index contributed by atoms with van der Waals surface area (Å²) in [5, 5.41) is 0. The van der Waals surface area contributed by atoms with Crippen LogP contribution in [0.25, 0.3) is 0 Å². The first-order valence-corrected chi connectivity index (χ1v) is 5.36. The van der Waals surface area contributed by atoms with Crippen LogP contribution in [0.1, 0.15) is 30.4 Å². The topological polar surface area (TPSA) is 104 Å². The van der Waals surface area contributed by atoms with Gasteiger partial charge in [0.15, 0.2) is 0 Å². The highest BCUT2D eigenvalue weighted by molar-refractivity contribution is 5.90. The van der Waals surface area contributed by atoms with Crippen molar-refractivity contribution in [2.24, 2.45) is 0 Å². The van der Waals surface area contributed by atoms with E-state index in [0.29, 0.717) is 22.7 Å². The monoisotopic (exact) mass is 206 g/mol. The number of benzene rings is 1. The Kier molecular flexibility index (Phi) is 2.34. The van der Waals surface area contributed by atoms with Gasteiger partial charge < -0.3 is 22.9 Å². The van der Waals surface area contributed by atoms with Crippen LogP contribution in [0.5, 0.6) is 0 Å². The molecule has 15 heavy (non-hydrogen) atoms. The lowest BCUT2D eigenvalue weighted by molar-refractivity contribution is 0.712. The van der Waals surface area contributed by atoms with Gasteiger partial charge in [-0.3, -0.25) is 0 Å². The number of nitrogen functional groups attached to an aromatic ring is 4. The van der Waals surface area contributed by atoms with Crippen LogP contribution >= 0.6 is 0 Å². The standard InChI is InChI=1S/C11H18N4/c12-8-6-4-2-1-3-5-7(6)9(13)11(15)10(8)14/h1-5,12-15H2. The van der Waals surface area contributed by atoms with Crippen LogP contribution in [0.2, 0.25) is 0 Å². The first-order valence-electron chi connectivity index (χ1n) is 5.36. The van der Waals surface area contributed by atoms with Gasteiger partial charge in [0.05, 0.1) is 22.7 Å². The predicted octanol–water partition coefficient (Wildman–Crippen LogP) is 1.28. The number of fused-ring (bicyclic) bond motifs is 1. The van der Waals surface area contributed by atoms with E-state index >= 15 is 0 Å². The lowest BCUT2D eigenvalue weighted by Crippen LogP contribution is -2.10. The summed E-state index contributed by atoms with van der Waals surface area (Å²) >= 11 is 0. The van der Waals surface area contributed by atoms with Gasteiger partial charge in [0, 0.05) is 0 Å². The minimum Gasteiger partial charge on any atom is -0.397 e. The van der Waals surface area contributed by atoms with Crippen LogP contribution in [0.4, 0.5) is 22.7 Å². The Hall–Kier alpha value is -1.58. The molecular weight excluding hydrogens is 188 g/mol. The fraction of sp³-hybridized carbons (Fsp3) is 0.455. The van der Waals surface area contributed by atoms with Crippen LogP contribution in [0.15, 0.2) is 0 Å². The Bertz CT molecular complexity index is 361. The molecule has 8 N–H and O–H groups in total. The number of hydrogen-bond acceptors (Lipinski definition) is 4. The summed E-state index contributed by atoms with van der Waals surface area (Å²) in [5.74, 6) is 0. The smallest absolute Gasteiger partial charge is 0.0805 e. The van der Waals surface area contributed by atoms with E-state index in [0.717, 1.165) is 36.8 Å². The zero-order valence-electron chi connectivity index (χ0n) is 8.84. The molecule has 0 fully saturated rings. The Morgan fingerprint density at radius 3 is 1.33 bits per heavy atom. The quantitative estimate of drug-likeness (QED) is 0.379. The average Bonchev–Trinajstić information content (AvgIpc) is 2.48. The molecule has 1 aliphatic carbocycles. The molecule has 0 saturated heterocycles. The van der Waals surface area contributed by atoms with E-state index in [1.54, 1.807) is 0 Å². The zero-order chi connectivity index (χ0) is 11.0. The summed E-state index contributed by atoms with van der Waals surface area (Å²) in [6.45, 7) is 0. The molecule has 0 amide bonds. The second-order valence-electron chi connectivity index (χ2n) is 4.17. The summed E-state index contributed by atoms with van der Waals surface area (Å²) in [4.78, 5) is 0. The molecule has 4 nitrogen and oxygen atoms in total. The zero-order valence-corrected chi connectivity index (χ0v) is 8.84. The predicted molar refractivity (Wildman–Crippen MR) is 65.4 cm³/mol. The summed E-state index contributed by atoms with van der Waals surface area (Å²) in [6.07, 6.45) is 5.46. The van der Waals surface area contributed by atoms with Crippen molar-refractivity contribution in [1.82, 2.24) is 0 Å². The van der Waals surface area contributed by atoms with Gasteiger partial charge in [-0.1, -0.05) is 6.42 Å². The number of rotatable bonds is 0. The Balaban J connectivity index is 2.66. The van der Waals surface area contributed by atoms with Gasteiger partial charge in [-0.05, 0) is 36.8 Å². The van der Waals surface area contributed by atoms with Gasteiger partial charge in [0.1, 0.15) is 0 Å². The molecule has 0 saturated carbocycles. The van der Waals surface area contributed by atoms with Crippen molar-refractivity contribution in [2.45, 2.75) is 32.1 Å². The molecule has 82 valence electrons. The lowest BCUT2D eigenvalue weighted by Gasteiger charge is -2.17. The highest BCUT2D eigenvalue weighted by Crippen LogP contribution is 2.39. The van der Waals surface area contributed by atoms with Gasteiger partial charge in [-0.15, -0.1) is 0 Å². The van der Waals surface area contributed by atoms with Gasteiger partial charge in [0.2, 0.25) is 0 Å². The third kappa shape index (κ3) is 1.46. The molecule has 0 bridgehead atoms. The van der Waals surface area contributed by atoms with Crippen molar-refractivity contribution in [3.8, 4) is 0 Å². The average molecular weight is 206 g/mol. The molecule has 1 aliphatic rings. The Morgan fingerprint density at radius 1 is 0.533 bits per heavy atom. The summed E-state index contributed by atoms with van der Waals surface area (Å²) in [6, 6.07) is 0. The van der Waals surface area contributed by atoms with Crippen molar-refractivity contribution < 1.29 is 0 Å². The second kappa shape index (κ2) is 3.53. The summed E-state index contributed by atoms with van der Waals surface area (Å²) in [5.41, 5.74) is 28.0. The van der Waals surface area contributed by atoms with Crippen LogP contribution in [0, 0.1) is 0 Å². The van der Waals surface area contributed by atoms with Crippen LogP contribution in [0.3, 0.4) is 0 Å². The Labute approximate surface area is 89.6 Å². The molecule has 4 heteroatoms. The Morgan fingerprint density at radius 2 is 0.933 bits per heavy atom. The fourth-order valence-electron chi connectivity index (χ4n) is 2.29. The first-order chi connectivity index (χ1) is 7.13. The van der Waals surface area contributed by atoms with Gasteiger partial charge in [0.25, 0.3) is 0 Å². The van der Waals surface area contributed by atoms with E-state index < -0.39 is 0 Å². The highest BCUT2D eigenvalue weighted by Gasteiger charge is 2.18. The molecule has 0 radical (unpaired) electrons. The summed E-state index contributed by atoms with van der Waals surface area (Å²) in [7, 11) is 0. The minimum atomic E-state index is 0.452. The maximum Gasteiger partial charge on any atom is 0.0805 e. The third-order valence-corrected chi connectivity index (χ3v) is 3.24. The van der Waals surface area contributed by atoms with Crippen molar-refractivity contribution in [3.63, 3.8) is 0 Å². The van der Waals surface area contributed by atoms with Crippen molar-refractivity contribution >= 4 is 22.7 Å². The molecule has 0 spiro atoms. The van der Waals surface area contributed by atoms with E-state index in [4.69, 9.17) is 22.9 Å². The first kappa shape index (κ1) is 9.96. The van der Waals surface area contributed by atoms with Gasteiger partial charge in [-0.25, -0.2) is 0 Å². The van der Waals surface area contributed by atoms with Crippen molar-refractivity contribution in [2.75, 3.05) is 22.9 Å². The number of hydrogen-bond donors (Lipinski definition) is 4. The third-order valence-electron chi connectivity index (χ3n) is 3.24. The molecule has 0 unspecified atom stereocenters. The van der Waals surface area contributed by atoms with E-state index in [-0.39, 0.29) is 0 Å². The molecule has 0 heterocycles. The molecule has 0 atom stereocenters. The molecule has 1 aromatic carbocycles. The normalized spacial score (nSPS) is 15.7. The fourth-order valence-corrected chi connectivity index (χ4v) is 2.29. The maximum atomic E-state index is 5.98. The largest absolute Gasteiger partial charge is 0.397 e. The number of anilines is 4. The molecule has 2 rings (SSSR count). The SMILES string of the molecule is Nc1c(N)c(N)c2c(c1N)CCCCC2. The molecule has 0 aliphatic heterocycles. The summed E-state index contributed by atoms with van der Waals surface area (Å²) < 4.78 is 0. The number of nitrogens with two attached hydrogens (primary N) is 4. The van der Waals surface area contributed by atoms with Crippen LogP contribution in [-0.2, 0) is 12.8 Å².